The van der Waals surface area contributed by atoms with Crippen molar-refractivity contribution < 1.29 is 4.79 Å². The molecule has 1 aromatic heterocycles. The molecule has 4 heteroatoms. The van der Waals surface area contributed by atoms with E-state index in [0.29, 0.717) is 5.56 Å². The van der Waals surface area contributed by atoms with E-state index in [9.17, 15) is 4.79 Å². The van der Waals surface area contributed by atoms with E-state index in [1.807, 2.05) is 59.4 Å². The Morgan fingerprint density at radius 3 is 2.42 bits per heavy atom. The number of nitrogens with zero attached hydrogens (tertiary/aromatic N) is 2. The summed E-state index contributed by atoms with van der Waals surface area (Å²) in [6.07, 6.45) is 4.99. The lowest BCUT2D eigenvalue weighted by atomic mass is 10.1. The topological polar surface area (TPSA) is 37.3 Å². The second-order valence-electron chi connectivity index (χ2n) is 6.82. The zero-order chi connectivity index (χ0) is 17.8. The molecule has 1 N–H and O–H groups in total. The molecule has 4 nitrogen and oxygen atoms in total. The highest BCUT2D eigenvalue weighted by Gasteiger charge is 2.24. The van der Waals surface area contributed by atoms with E-state index in [-0.39, 0.29) is 11.9 Å². The first-order valence-corrected chi connectivity index (χ1v) is 9.08. The Labute approximate surface area is 154 Å². The third-order valence-electron chi connectivity index (χ3n) is 4.89. The van der Waals surface area contributed by atoms with Crippen molar-refractivity contribution in [3.63, 3.8) is 0 Å². The van der Waals surface area contributed by atoms with Crippen LogP contribution in [-0.2, 0) is 6.54 Å². The van der Waals surface area contributed by atoms with Crippen molar-refractivity contribution in [1.82, 2.24) is 14.8 Å². The highest BCUT2D eigenvalue weighted by atomic mass is 16.1. The van der Waals surface area contributed by atoms with Crippen molar-refractivity contribution in [2.75, 3.05) is 13.1 Å². The average molecular weight is 345 g/mol. The molecule has 0 saturated carbocycles. The van der Waals surface area contributed by atoms with Gasteiger partial charge in [0.05, 0.1) is 0 Å². The molecule has 1 aliphatic rings. The lowest BCUT2D eigenvalue weighted by Crippen LogP contribution is -2.36. The van der Waals surface area contributed by atoms with Crippen LogP contribution in [0.15, 0.2) is 79.1 Å². The van der Waals surface area contributed by atoms with E-state index in [0.717, 1.165) is 31.7 Å². The third kappa shape index (κ3) is 3.86. The molecule has 0 radical (unpaired) electrons. The molecule has 132 valence electrons. The van der Waals surface area contributed by atoms with Crippen molar-refractivity contribution >= 4 is 5.91 Å². The van der Waals surface area contributed by atoms with Crippen LogP contribution in [0.4, 0.5) is 0 Å². The number of rotatable bonds is 5. The first-order valence-electron chi connectivity index (χ1n) is 9.08. The maximum Gasteiger partial charge on any atom is 0.251 e. The normalized spacial score (nSPS) is 17.3. The van der Waals surface area contributed by atoms with Crippen molar-refractivity contribution in [3.8, 4) is 5.69 Å². The molecular weight excluding hydrogens is 322 g/mol. The van der Waals surface area contributed by atoms with Gasteiger partial charge in [0.15, 0.2) is 0 Å². The Bertz CT molecular complexity index is 841. The Morgan fingerprint density at radius 1 is 0.962 bits per heavy atom. The number of amides is 1. The fraction of sp³-hybridized carbons (Fsp3) is 0.227. The Balaban J connectivity index is 1.32. The molecule has 2 aromatic carbocycles. The lowest BCUT2D eigenvalue weighted by Gasteiger charge is -2.17. The van der Waals surface area contributed by atoms with E-state index in [2.05, 4.69) is 34.5 Å². The Hall–Kier alpha value is -2.85. The van der Waals surface area contributed by atoms with Gasteiger partial charge in [-0.25, -0.2) is 0 Å². The number of aromatic nitrogens is 1. The van der Waals surface area contributed by atoms with Gasteiger partial charge >= 0.3 is 0 Å². The molecule has 0 spiro atoms. The van der Waals surface area contributed by atoms with E-state index in [1.54, 1.807) is 0 Å². The van der Waals surface area contributed by atoms with Gasteiger partial charge in [-0.2, -0.15) is 0 Å². The highest BCUT2D eigenvalue weighted by molar-refractivity contribution is 5.94. The van der Waals surface area contributed by atoms with Crippen molar-refractivity contribution in [3.05, 3.63) is 90.3 Å². The van der Waals surface area contributed by atoms with Gasteiger partial charge in [0.25, 0.3) is 5.91 Å². The van der Waals surface area contributed by atoms with Gasteiger partial charge in [-0.1, -0.05) is 30.3 Å². The molecule has 1 saturated heterocycles. The first-order chi connectivity index (χ1) is 12.8. The Kier molecular flexibility index (Phi) is 4.84. The number of hydrogen-bond donors (Lipinski definition) is 1. The molecule has 3 aromatic rings. The molecule has 2 heterocycles. The van der Waals surface area contributed by atoms with Gasteiger partial charge in [0.1, 0.15) is 0 Å². The summed E-state index contributed by atoms with van der Waals surface area (Å²) in [5.41, 5.74) is 3.09. The second-order valence-corrected chi connectivity index (χ2v) is 6.82. The van der Waals surface area contributed by atoms with Gasteiger partial charge in [-0.3, -0.25) is 9.69 Å². The van der Waals surface area contributed by atoms with Gasteiger partial charge in [0.2, 0.25) is 0 Å². The summed E-state index contributed by atoms with van der Waals surface area (Å²) in [6.45, 7) is 2.87. The number of hydrogen-bond acceptors (Lipinski definition) is 2. The standard InChI is InChI=1S/C22H23N3O/c26-22(19-8-10-21(11-9-19)25-13-4-5-14-25)23-20-12-15-24(17-20)16-18-6-2-1-3-7-18/h1-11,13-14,20H,12,15-17H2,(H,23,26)/t20-/m1/s1. The predicted molar refractivity (Wildman–Crippen MR) is 103 cm³/mol. The van der Waals surface area contributed by atoms with Crippen LogP contribution in [0.3, 0.4) is 0 Å². The van der Waals surface area contributed by atoms with Crippen LogP contribution in [0.1, 0.15) is 22.3 Å². The van der Waals surface area contributed by atoms with Crippen LogP contribution in [0, 0.1) is 0 Å². The summed E-state index contributed by atoms with van der Waals surface area (Å²) in [4.78, 5) is 14.9. The maximum atomic E-state index is 12.5. The summed E-state index contributed by atoms with van der Waals surface area (Å²) < 4.78 is 2.03. The molecule has 1 atom stereocenters. The van der Waals surface area contributed by atoms with Crippen LogP contribution in [-0.4, -0.2) is 34.5 Å². The SMILES string of the molecule is O=C(N[C@@H]1CCN(Cc2ccccc2)C1)c1ccc(-n2cccc2)cc1. The van der Waals surface area contributed by atoms with E-state index in [1.165, 1.54) is 5.56 Å². The van der Waals surface area contributed by atoms with Crippen molar-refractivity contribution in [2.45, 2.75) is 19.0 Å². The molecule has 26 heavy (non-hydrogen) atoms. The van der Waals surface area contributed by atoms with Gasteiger partial charge < -0.3 is 9.88 Å². The average Bonchev–Trinajstić information content (AvgIpc) is 3.35. The number of benzene rings is 2. The fourth-order valence-corrected chi connectivity index (χ4v) is 3.50. The largest absolute Gasteiger partial charge is 0.348 e. The van der Waals surface area contributed by atoms with E-state index in [4.69, 9.17) is 0 Å². The van der Waals surface area contributed by atoms with Crippen LogP contribution >= 0.6 is 0 Å². The van der Waals surface area contributed by atoms with E-state index >= 15 is 0 Å². The fourth-order valence-electron chi connectivity index (χ4n) is 3.50. The van der Waals surface area contributed by atoms with Gasteiger partial charge in [-0.05, 0) is 48.4 Å². The summed E-state index contributed by atoms with van der Waals surface area (Å²) in [7, 11) is 0. The molecule has 0 aliphatic carbocycles. The molecule has 0 unspecified atom stereocenters. The van der Waals surface area contributed by atoms with Gasteiger partial charge in [0, 0.05) is 49.3 Å². The highest BCUT2D eigenvalue weighted by Crippen LogP contribution is 2.15. The molecule has 4 rings (SSSR count). The zero-order valence-corrected chi connectivity index (χ0v) is 14.7. The number of carbonyl (C=O) groups is 1. The number of likely N-dealkylation sites (tertiary alicyclic amines) is 1. The molecule has 1 amide bonds. The maximum absolute atomic E-state index is 12.5. The summed E-state index contributed by atoms with van der Waals surface area (Å²) in [6, 6.07) is 22.4. The van der Waals surface area contributed by atoms with Crippen LogP contribution < -0.4 is 5.32 Å². The van der Waals surface area contributed by atoms with Crippen LogP contribution in [0.5, 0.6) is 0 Å². The summed E-state index contributed by atoms with van der Waals surface area (Å²) in [5, 5.41) is 3.18. The smallest absolute Gasteiger partial charge is 0.251 e. The predicted octanol–water partition coefficient (Wildman–Crippen LogP) is 3.48. The van der Waals surface area contributed by atoms with Crippen molar-refractivity contribution in [1.29, 1.82) is 0 Å². The molecular formula is C22H23N3O. The van der Waals surface area contributed by atoms with Crippen molar-refractivity contribution in [2.24, 2.45) is 0 Å². The molecule has 1 fully saturated rings. The minimum Gasteiger partial charge on any atom is -0.348 e. The van der Waals surface area contributed by atoms with Crippen LogP contribution in [0.2, 0.25) is 0 Å². The van der Waals surface area contributed by atoms with Gasteiger partial charge in [-0.15, -0.1) is 0 Å². The number of carbonyl (C=O) groups excluding carboxylic acids is 1. The zero-order valence-electron chi connectivity index (χ0n) is 14.7. The van der Waals surface area contributed by atoms with Crippen LogP contribution in [0.25, 0.3) is 5.69 Å². The third-order valence-corrected chi connectivity index (χ3v) is 4.89. The number of nitrogens with one attached hydrogen (secondary N) is 1. The summed E-state index contributed by atoms with van der Waals surface area (Å²) in [5.74, 6) is 0.00983. The second kappa shape index (κ2) is 7.58. The minimum absolute atomic E-state index is 0.00983. The lowest BCUT2D eigenvalue weighted by molar-refractivity contribution is 0.0937. The minimum atomic E-state index is 0.00983. The van der Waals surface area contributed by atoms with E-state index < -0.39 is 0 Å². The quantitative estimate of drug-likeness (QED) is 0.769. The summed E-state index contributed by atoms with van der Waals surface area (Å²) >= 11 is 0. The first kappa shape index (κ1) is 16.6. The monoisotopic (exact) mass is 345 g/mol. The molecule has 1 aliphatic heterocycles. The Morgan fingerprint density at radius 2 is 1.69 bits per heavy atom. The molecule has 0 bridgehead atoms.